The molecule has 22 heavy (non-hydrogen) atoms. The van der Waals surface area contributed by atoms with Gasteiger partial charge in [-0.25, -0.2) is 4.79 Å². The van der Waals surface area contributed by atoms with E-state index in [0.29, 0.717) is 17.1 Å². The summed E-state index contributed by atoms with van der Waals surface area (Å²) in [5.74, 6) is -0.374. The Morgan fingerprint density at radius 1 is 1.18 bits per heavy atom. The van der Waals surface area contributed by atoms with E-state index in [1.54, 1.807) is 11.3 Å². The van der Waals surface area contributed by atoms with Gasteiger partial charge in [0.2, 0.25) is 5.91 Å². The van der Waals surface area contributed by atoms with Crippen LogP contribution in [-0.4, -0.2) is 43.5 Å². The molecule has 0 aromatic carbocycles. The molecule has 0 spiro atoms. The van der Waals surface area contributed by atoms with Gasteiger partial charge in [0.05, 0.1) is 19.2 Å². The zero-order valence-corrected chi connectivity index (χ0v) is 13.8. The highest BCUT2D eigenvalue weighted by atomic mass is 32.1. The van der Waals surface area contributed by atoms with Gasteiger partial charge < -0.3 is 10.1 Å². The molecule has 1 N–H and O–H groups in total. The summed E-state index contributed by atoms with van der Waals surface area (Å²) in [5.41, 5.74) is 1.66. The zero-order chi connectivity index (χ0) is 15.5. The molecule has 1 fully saturated rings. The first-order valence-electron chi connectivity index (χ1n) is 7.94. The second kappa shape index (κ2) is 6.79. The molecule has 1 amide bonds. The van der Waals surface area contributed by atoms with Crippen molar-refractivity contribution in [1.82, 2.24) is 4.90 Å². The third kappa shape index (κ3) is 3.17. The number of anilines is 1. The van der Waals surface area contributed by atoms with E-state index >= 15 is 0 Å². The number of methoxy groups -OCH3 is 1. The van der Waals surface area contributed by atoms with Crippen LogP contribution in [0.25, 0.3) is 0 Å². The number of carbonyl (C=O) groups excluding carboxylic acids is 2. The molecular formula is C16H22N2O3S. The highest BCUT2D eigenvalue weighted by Gasteiger charge is 2.27. The smallest absolute Gasteiger partial charge is 0.341 e. The maximum atomic E-state index is 12.2. The van der Waals surface area contributed by atoms with Crippen molar-refractivity contribution in [3.8, 4) is 0 Å². The lowest BCUT2D eigenvalue weighted by atomic mass is 9.95. The van der Waals surface area contributed by atoms with Crippen LogP contribution < -0.4 is 5.32 Å². The predicted molar refractivity (Wildman–Crippen MR) is 86.6 cm³/mol. The number of carbonyl (C=O) groups is 2. The van der Waals surface area contributed by atoms with Crippen molar-refractivity contribution in [3.63, 3.8) is 0 Å². The van der Waals surface area contributed by atoms with Gasteiger partial charge >= 0.3 is 5.97 Å². The fraction of sp³-hybridized carbons (Fsp3) is 0.625. The van der Waals surface area contributed by atoms with Gasteiger partial charge in [-0.3, -0.25) is 9.69 Å². The number of fused-ring (bicyclic) bond motifs is 1. The van der Waals surface area contributed by atoms with Crippen molar-refractivity contribution in [1.29, 1.82) is 0 Å². The Hall–Kier alpha value is -1.40. The molecule has 0 atom stereocenters. The quantitative estimate of drug-likeness (QED) is 0.865. The minimum atomic E-state index is -0.337. The maximum absolute atomic E-state index is 12.2. The Labute approximate surface area is 134 Å². The first kappa shape index (κ1) is 15.5. The van der Waals surface area contributed by atoms with Gasteiger partial charge in [-0.2, -0.15) is 0 Å². The van der Waals surface area contributed by atoms with Gasteiger partial charge in [0.1, 0.15) is 5.00 Å². The van der Waals surface area contributed by atoms with Crippen LogP contribution in [0.4, 0.5) is 5.00 Å². The van der Waals surface area contributed by atoms with Gasteiger partial charge in [0, 0.05) is 4.88 Å². The molecule has 2 aliphatic rings. The number of amides is 1. The third-order valence-corrected chi connectivity index (χ3v) is 5.59. The Morgan fingerprint density at radius 3 is 2.64 bits per heavy atom. The Bertz CT molecular complexity index is 576. The second-order valence-electron chi connectivity index (χ2n) is 5.94. The van der Waals surface area contributed by atoms with Crippen molar-refractivity contribution >= 4 is 28.2 Å². The van der Waals surface area contributed by atoms with Gasteiger partial charge in [0.25, 0.3) is 0 Å². The van der Waals surface area contributed by atoms with E-state index < -0.39 is 0 Å². The number of aryl methyl sites for hydroxylation is 1. The van der Waals surface area contributed by atoms with E-state index in [4.69, 9.17) is 4.74 Å². The lowest BCUT2D eigenvalue weighted by Gasteiger charge is -2.14. The fourth-order valence-corrected chi connectivity index (χ4v) is 4.58. The van der Waals surface area contributed by atoms with Crippen LogP contribution in [-0.2, 0) is 22.4 Å². The topological polar surface area (TPSA) is 58.6 Å². The number of rotatable bonds is 4. The molecule has 5 nitrogen and oxygen atoms in total. The normalized spacial score (nSPS) is 18.0. The number of nitrogens with zero attached hydrogens (tertiary/aromatic N) is 1. The molecule has 0 unspecified atom stereocenters. The minimum Gasteiger partial charge on any atom is -0.465 e. The van der Waals surface area contributed by atoms with Crippen molar-refractivity contribution in [2.24, 2.45) is 0 Å². The zero-order valence-electron chi connectivity index (χ0n) is 12.9. The number of nitrogens with one attached hydrogen (secondary N) is 1. The van der Waals surface area contributed by atoms with Crippen LogP contribution >= 0.6 is 11.3 Å². The molecule has 1 aromatic heterocycles. The Kier molecular flexibility index (Phi) is 4.78. The van der Waals surface area contributed by atoms with Gasteiger partial charge in [-0.1, -0.05) is 0 Å². The van der Waals surface area contributed by atoms with Crippen molar-refractivity contribution in [2.75, 3.05) is 32.1 Å². The summed E-state index contributed by atoms with van der Waals surface area (Å²) in [6.45, 7) is 2.37. The number of hydrogen-bond acceptors (Lipinski definition) is 5. The van der Waals surface area contributed by atoms with E-state index in [0.717, 1.165) is 57.2 Å². The highest BCUT2D eigenvalue weighted by Crippen LogP contribution is 2.38. The van der Waals surface area contributed by atoms with E-state index in [9.17, 15) is 9.59 Å². The van der Waals surface area contributed by atoms with Crippen LogP contribution in [0.1, 0.15) is 46.5 Å². The van der Waals surface area contributed by atoms with E-state index in [1.807, 2.05) is 0 Å². The van der Waals surface area contributed by atoms with Crippen LogP contribution in [0.5, 0.6) is 0 Å². The predicted octanol–water partition coefficient (Wildman–Crippen LogP) is 2.45. The average molecular weight is 322 g/mol. The maximum Gasteiger partial charge on any atom is 0.341 e. The summed E-state index contributed by atoms with van der Waals surface area (Å²) in [4.78, 5) is 27.7. The highest BCUT2D eigenvalue weighted by molar-refractivity contribution is 7.17. The third-order valence-electron chi connectivity index (χ3n) is 4.38. The summed E-state index contributed by atoms with van der Waals surface area (Å²) in [7, 11) is 1.39. The molecule has 1 saturated heterocycles. The summed E-state index contributed by atoms with van der Waals surface area (Å²) < 4.78 is 4.92. The van der Waals surface area contributed by atoms with Crippen LogP contribution in [0.2, 0.25) is 0 Å². The molecule has 0 radical (unpaired) electrons. The summed E-state index contributed by atoms with van der Waals surface area (Å²) in [6.07, 6.45) is 6.45. The van der Waals surface area contributed by atoms with Gasteiger partial charge in [0.15, 0.2) is 0 Å². The fourth-order valence-electron chi connectivity index (χ4n) is 3.28. The summed E-state index contributed by atoms with van der Waals surface area (Å²) >= 11 is 1.54. The summed E-state index contributed by atoms with van der Waals surface area (Å²) in [6, 6.07) is 0. The van der Waals surface area contributed by atoms with Crippen molar-refractivity contribution in [2.45, 2.75) is 38.5 Å². The van der Waals surface area contributed by atoms with Crippen LogP contribution in [0.3, 0.4) is 0 Å². The monoisotopic (exact) mass is 322 g/mol. The van der Waals surface area contributed by atoms with Crippen LogP contribution in [0.15, 0.2) is 0 Å². The Balaban J connectivity index is 1.78. The van der Waals surface area contributed by atoms with E-state index in [-0.39, 0.29) is 11.9 Å². The molecule has 2 heterocycles. The minimum absolute atomic E-state index is 0.0364. The molecule has 0 bridgehead atoms. The number of ether oxygens (including phenoxy) is 1. The lowest BCUT2D eigenvalue weighted by Crippen LogP contribution is -2.31. The van der Waals surface area contributed by atoms with Crippen molar-refractivity contribution in [3.05, 3.63) is 16.0 Å². The second-order valence-corrected chi connectivity index (χ2v) is 7.04. The number of hydrogen-bond donors (Lipinski definition) is 1. The molecule has 1 aliphatic heterocycles. The lowest BCUT2D eigenvalue weighted by molar-refractivity contribution is -0.117. The van der Waals surface area contributed by atoms with Gasteiger partial charge in [-0.05, 0) is 57.2 Å². The first-order valence-corrected chi connectivity index (χ1v) is 8.75. The van der Waals surface area contributed by atoms with Gasteiger partial charge in [-0.15, -0.1) is 11.3 Å². The molecule has 0 saturated carbocycles. The molecule has 3 rings (SSSR count). The van der Waals surface area contributed by atoms with Crippen LogP contribution in [0, 0.1) is 0 Å². The Morgan fingerprint density at radius 2 is 1.91 bits per heavy atom. The summed E-state index contributed by atoms with van der Waals surface area (Å²) in [5, 5.41) is 3.62. The number of thiophene rings is 1. The molecule has 1 aromatic rings. The number of esters is 1. The molecular weight excluding hydrogens is 300 g/mol. The molecule has 6 heteroatoms. The molecule has 120 valence electrons. The van der Waals surface area contributed by atoms with Crippen molar-refractivity contribution < 1.29 is 14.3 Å². The van der Waals surface area contributed by atoms with E-state index in [1.165, 1.54) is 12.0 Å². The first-order chi connectivity index (χ1) is 10.7. The average Bonchev–Trinajstić information content (AvgIpc) is 3.13. The number of likely N-dealkylation sites (tertiary alicyclic amines) is 1. The molecule has 1 aliphatic carbocycles. The van der Waals surface area contributed by atoms with E-state index in [2.05, 4.69) is 10.2 Å². The standard InChI is InChI=1S/C16H22N2O3S/c1-21-16(20)14-11-6-2-3-7-12(11)22-15(14)17-13(19)10-18-8-4-5-9-18/h2-10H2,1H3,(H,17,19). The largest absolute Gasteiger partial charge is 0.465 e. The SMILES string of the molecule is COC(=O)c1c(NC(=O)CN2CCCC2)sc2c1CCCC2.